The molecule has 0 unspecified atom stereocenters. The second kappa shape index (κ2) is 5.46. The molecule has 0 radical (unpaired) electrons. The predicted molar refractivity (Wildman–Crippen MR) is 98.3 cm³/mol. The minimum Gasteiger partial charge on any atom is -0.393 e. The predicted octanol–water partition coefficient (Wildman–Crippen LogP) is 3.37. The topological polar surface area (TPSA) is 69.9 Å². The molecular weight excluding hydrogens is 328 g/mol. The van der Waals surface area contributed by atoms with Gasteiger partial charge in [0.05, 0.1) is 17.3 Å². The van der Waals surface area contributed by atoms with Gasteiger partial charge in [0.25, 0.3) is 0 Å². The van der Waals surface area contributed by atoms with Gasteiger partial charge in [0, 0.05) is 12.8 Å². The van der Waals surface area contributed by atoms with Crippen LogP contribution in [-0.4, -0.2) is 38.9 Å². The molecule has 1 saturated heterocycles. The summed E-state index contributed by atoms with van der Waals surface area (Å²) in [5, 5.41) is 31.7. The number of hydrogen-bond donors (Lipinski definition) is 3. The fraction of sp³-hybridized carbons (Fsp3) is 1.00. The molecule has 26 heavy (non-hydrogen) atoms. The molecule has 1 heterocycles. The van der Waals surface area contributed by atoms with E-state index >= 15 is 0 Å². The Labute approximate surface area is 157 Å². The molecule has 148 valence electrons. The van der Waals surface area contributed by atoms with Crippen molar-refractivity contribution >= 4 is 0 Å². The second-order valence-electron chi connectivity index (χ2n) is 10.9. The average Bonchev–Trinajstić information content (AvgIpc) is 3.10. The highest BCUT2D eigenvalue weighted by atomic mass is 16.6. The van der Waals surface area contributed by atoms with E-state index in [2.05, 4.69) is 13.8 Å². The highest BCUT2D eigenvalue weighted by Gasteiger charge is 2.68. The smallest absolute Gasteiger partial charge is 0.155 e. The molecule has 0 aromatic rings. The lowest BCUT2D eigenvalue weighted by atomic mass is 9.43. The molecule has 0 amide bonds. The molecule has 1 spiro atoms. The lowest BCUT2D eigenvalue weighted by Gasteiger charge is -2.64. The summed E-state index contributed by atoms with van der Waals surface area (Å²) in [6.07, 6.45) is 9.78. The Kier molecular flexibility index (Phi) is 3.76. The van der Waals surface area contributed by atoms with Crippen LogP contribution in [0.2, 0.25) is 0 Å². The van der Waals surface area contributed by atoms with Crippen molar-refractivity contribution in [1.29, 1.82) is 0 Å². The normalized spacial score (nSPS) is 62.0. The van der Waals surface area contributed by atoms with E-state index in [9.17, 15) is 15.3 Å². The largest absolute Gasteiger partial charge is 0.393 e. The Bertz CT molecular complexity index is 595. The molecule has 4 saturated carbocycles. The van der Waals surface area contributed by atoms with Gasteiger partial charge in [-0.05, 0) is 86.4 Å². The standard InChI is InChI=1S/C22H36O4/c1-19-8-3-14(23)13-21(19,25)10-4-15-16(19)5-9-20(2)17(15)6-11-22(20)12-7-18(24)26-22/h14-18,23-25H,3-13H2,1-2H3/t14-,15+,16-,17-,18+,19+,20-,21-,22+/m0/s1. The Morgan fingerprint density at radius 2 is 1.42 bits per heavy atom. The van der Waals surface area contributed by atoms with Crippen molar-refractivity contribution in [2.24, 2.45) is 28.6 Å². The van der Waals surface area contributed by atoms with Gasteiger partial charge in [-0.1, -0.05) is 13.8 Å². The summed E-state index contributed by atoms with van der Waals surface area (Å²) < 4.78 is 6.20. The molecule has 5 fully saturated rings. The zero-order valence-electron chi connectivity index (χ0n) is 16.4. The van der Waals surface area contributed by atoms with Gasteiger partial charge in [-0.25, -0.2) is 0 Å². The first kappa shape index (κ1) is 17.9. The van der Waals surface area contributed by atoms with E-state index in [4.69, 9.17) is 4.74 Å². The van der Waals surface area contributed by atoms with Gasteiger partial charge in [0.1, 0.15) is 0 Å². The number of hydrogen-bond acceptors (Lipinski definition) is 4. The third-order valence-corrected chi connectivity index (χ3v) is 10.2. The van der Waals surface area contributed by atoms with Gasteiger partial charge < -0.3 is 20.1 Å². The first-order valence-corrected chi connectivity index (χ1v) is 11.0. The van der Waals surface area contributed by atoms with Crippen LogP contribution in [0.1, 0.15) is 84.5 Å². The molecule has 4 nitrogen and oxygen atoms in total. The highest BCUT2D eigenvalue weighted by Crippen LogP contribution is 2.71. The van der Waals surface area contributed by atoms with Crippen LogP contribution in [0.15, 0.2) is 0 Å². The molecule has 0 bridgehead atoms. The average molecular weight is 365 g/mol. The van der Waals surface area contributed by atoms with E-state index in [1.165, 1.54) is 6.42 Å². The molecule has 4 heteroatoms. The van der Waals surface area contributed by atoms with Crippen molar-refractivity contribution < 1.29 is 20.1 Å². The zero-order valence-corrected chi connectivity index (χ0v) is 16.4. The number of fused-ring (bicyclic) bond motifs is 6. The molecule has 0 aromatic heterocycles. The molecule has 5 rings (SSSR count). The molecular formula is C22H36O4. The fourth-order valence-corrected chi connectivity index (χ4v) is 8.66. The van der Waals surface area contributed by atoms with Gasteiger partial charge in [-0.15, -0.1) is 0 Å². The number of ether oxygens (including phenoxy) is 1. The maximum Gasteiger partial charge on any atom is 0.155 e. The van der Waals surface area contributed by atoms with E-state index in [1.807, 2.05) is 0 Å². The summed E-state index contributed by atoms with van der Waals surface area (Å²) in [5.74, 6) is 1.88. The summed E-state index contributed by atoms with van der Waals surface area (Å²) in [4.78, 5) is 0. The van der Waals surface area contributed by atoms with E-state index in [-0.39, 0.29) is 22.5 Å². The molecule has 0 aromatic carbocycles. The Hall–Kier alpha value is -0.160. The van der Waals surface area contributed by atoms with Crippen molar-refractivity contribution in [3.63, 3.8) is 0 Å². The molecule has 5 aliphatic rings. The molecule has 1 aliphatic heterocycles. The van der Waals surface area contributed by atoms with E-state index in [0.29, 0.717) is 24.2 Å². The van der Waals surface area contributed by atoms with Crippen LogP contribution in [0.5, 0.6) is 0 Å². The second-order valence-corrected chi connectivity index (χ2v) is 10.9. The minimum absolute atomic E-state index is 0.0533. The van der Waals surface area contributed by atoms with Crippen LogP contribution >= 0.6 is 0 Å². The molecule has 9 atom stereocenters. The third kappa shape index (κ3) is 2.05. The SMILES string of the molecule is C[C@]12CC[C@H]3[C@@H](CC[C@]4(O)C[C@@H](O)CC[C@]34C)[C@@H]1CC[C@@]21CC[C@H](O)O1. The van der Waals surface area contributed by atoms with Crippen LogP contribution in [0, 0.1) is 28.6 Å². The quantitative estimate of drug-likeness (QED) is 0.616. The number of aliphatic hydroxyl groups excluding tert-OH is 2. The van der Waals surface area contributed by atoms with Crippen LogP contribution < -0.4 is 0 Å². The van der Waals surface area contributed by atoms with E-state index < -0.39 is 11.9 Å². The van der Waals surface area contributed by atoms with Gasteiger partial charge in [0.15, 0.2) is 6.29 Å². The maximum atomic E-state index is 11.5. The summed E-state index contributed by atoms with van der Waals surface area (Å²) in [6.45, 7) is 4.76. The Morgan fingerprint density at radius 3 is 2.15 bits per heavy atom. The van der Waals surface area contributed by atoms with Gasteiger partial charge >= 0.3 is 0 Å². The summed E-state index contributed by atoms with van der Waals surface area (Å²) in [6, 6.07) is 0. The lowest BCUT2D eigenvalue weighted by molar-refractivity contribution is -0.236. The monoisotopic (exact) mass is 364 g/mol. The Balaban J connectivity index is 1.46. The first-order valence-electron chi connectivity index (χ1n) is 11.0. The highest BCUT2D eigenvalue weighted by molar-refractivity contribution is 5.18. The Morgan fingerprint density at radius 1 is 0.769 bits per heavy atom. The minimum atomic E-state index is -0.685. The van der Waals surface area contributed by atoms with Crippen LogP contribution in [0.25, 0.3) is 0 Å². The lowest BCUT2D eigenvalue weighted by Crippen LogP contribution is -2.63. The summed E-state index contributed by atoms with van der Waals surface area (Å²) in [7, 11) is 0. The van der Waals surface area contributed by atoms with Gasteiger partial charge in [-0.3, -0.25) is 0 Å². The summed E-state index contributed by atoms with van der Waals surface area (Å²) in [5.41, 5.74) is -0.677. The zero-order chi connectivity index (χ0) is 18.4. The molecule has 3 N–H and O–H groups in total. The maximum absolute atomic E-state index is 11.5. The third-order valence-electron chi connectivity index (χ3n) is 10.2. The fourth-order valence-electron chi connectivity index (χ4n) is 8.66. The van der Waals surface area contributed by atoms with Crippen LogP contribution in [0.4, 0.5) is 0 Å². The van der Waals surface area contributed by atoms with Crippen molar-refractivity contribution in [3.05, 3.63) is 0 Å². The summed E-state index contributed by atoms with van der Waals surface area (Å²) >= 11 is 0. The van der Waals surface area contributed by atoms with E-state index in [0.717, 1.165) is 57.8 Å². The molecule has 4 aliphatic carbocycles. The van der Waals surface area contributed by atoms with Crippen LogP contribution in [0.3, 0.4) is 0 Å². The number of rotatable bonds is 0. The van der Waals surface area contributed by atoms with Gasteiger partial charge in [-0.2, -0.15) is 0 Å². The van der Waals surface area contributed by atoms with Crippen molar-refractivity contribution in [2.45, 2.75) is 108 Å². The number of aliphatic hydroxyl groups is 3. The van der Waals surface area contributed by atoms with Crippen molar-refractivity contribution in [1.82, 2.24) is 0 Å². The van der Waals surface area contributed by atoms with Crippen LogP contribution in [-0.2, 0) is 4.74 Å². The first-order chi connectivity index (χ1) is 12.2. The van der Waals surface area contributed by atoms with Crippen molar-refractivity contribution in [2.75, 3.05) is 0 Å². The van der Waals surface area contributed by atoms with E-state index in [1.54, 1.807) is 0 Å². The van der Waals surface area contributed by atoms with Crippen molar-refractivity contribution in [3.8, 4) is 0 Å². The van der Waals surface area contributed by atoms with Gasteiger partial charge in [0.2, 0.25) is 0 Å².